The summed E-state index contributed by atoms with van der Waals surface area (Å²) < 4.78 is 11.0. The van der Waals surface area contributed by atoms with Crippen LogP contribution in [-0.2, 0) is 6.61 Å². The number of ether oxygens (including phenoxy) is 1. The molecular weight excluding hydrogens is 354 g/mol. The molecule has 1 heterocycles. The van der Waals surface area contributed by atoms with E-state index in [4.69, 9.17) is 25.9 Å². The number of aryl methyl sites for hydroxylation is 1. The summed E-state index contributed by atoms with van der Waals surface area (Å²) in [5.74, 6) is 1.28. The van der Waals surface area contributed by atoms with Crippen molar-refractivity contribution in [3.05, 3.63) is 70.4 Å². The molecule has 0 bridgehead atoms. The number of aliphatic hydroxyl groups excluding tert-OH is 1. The van der Waals surface area contributed by atoms with Crippen LogP contribution in [0.25, 0.3) is 11.3 Å². The van der Waals surface area contributed by atoms with Gasteiger partial charge in [0, 0.05) is 11.8 Å². The smallest absolute Gasteiger partial charge is 0.257 e. The van der Waals surface area contributed by atoms with Gasteiger partial charge in [0.2, 0.25) is 0 Å². The van der Waals surface area contributed by atoms with Crippen molar-refractivity contribution in [3.63, 3.8) is 0 Å². The molecule has 0 fully saturated rings. The van der Waals surface area contributed by atoms with Crippen LogP contribution in [0.2, 0.25) is 5.02 Å². The number of carbonyl (C=O) groups is 1. The molecule has 6 heteroatoms. The summed E-state index contributed by atoms with van der Waals surface area (Å²) in [6.07, 6.45) is 0. The van der Waals surface area contributed by atoms with Gasteiger partial charge in [-0.25, -0.2) is 0 Å². The topological polar surface area (TPSA) is 71.7 Å². The monoisotopic (exact) mass is 371 g/mol. The van der Waals surface area contributed by atoms with Crippen molar-refractivity contribution in [2.24, 2.45) is 0 Å². The van der Waals surface area contributed by atoms with E-state index in [2.05, 4.69) is 5.32 Å². The molecule has 1 amide bonds. The second-order valence-electron chi connectivity index (χ2n) is 5.78. The minimum absolute atomic E-state index is 0.173. The first-order chi connectivity index (χ1) is 12.5. The van der Waals surface area contributed by atoms with Gasteiger partial charge in [-0.05, 0) is 48.9 Å². The first kappa shape index (κ1) is 18.0. The van der Waals surface area contributed by atoms with Crippen LogP contribution in [0.1, 0.15) is 21.7 Å². The molecule has 0 aliphatic rings. The third-order valence-corrected chi connectivity index (χ3v) is 4.22. The van der Waals surface area contributed by atoms with E-state index >= 15 is 0 Å². The van der Waals surface area contributed by atoms with Crippen molar-refractivity contribution in [1.29, 1.82) is 0 Å². The zero-order valence-corrected chi connectivity index (χ0v) is 15.1. The Labute approximate surface area is 156 Å². The molecule has 0 spiro atoms. The zero-order valence-electron chi connectivity index (χ0n) is 14.4. The Kier molecular flexibility index (Phi) is 5.30. The summed E-state index contributed by atoms with van der Waals surface area (Å²) in [6, 6.07) is 14.0. The summed E-state index contributed by atoms with van der Waals surface area (Å²) in [6.45, 7) is 1.74. The summed E-state index contributed by atoms with van der Waals surface area (Å²) in [5.41, 5.74) is 2.68. The van der Waals surface area contributed by atoms with Crippen LogP contribution >= 0.6 is 11.6 Å². The minimum Gasteiger partial charge on any atom is -0.496 e. The van der Waals surface area contributed by atoms with E-state index in [1.54, 1.807) is 42.5 Å². The van der Waals surface area contributed by atoms with Gasteiger partial charge >= 0.3 is 0 Å². The highest BCUT2D eigenvalue weighted by molar-refractivity contribution is 6.34. The average Bonchev–Trinajstić information content (AvgIpc) is 3.10. The lowest BCUT2D eigenvalue weighted by Gasteiger charge is -2.11. The molecule has 0 saturated carbocycles. The molecule has 0 aliphatic carbocycles. The van der Waals surface area contributed by atoms with Crippen molar-refractivity contribution < 1.29 is 19.1 Å². The van der Waals surface area contributed by atoms with E-state index in [1.807, 2.05) is 13.0 Å². The van der Waals surface area contributed by atoms with Crippen LogP contribution in [0.5, 0.6) is 5.75 Å². The first-order valence-corrected chi connectivity index (χ1v) is 8.35. The Morgan fingerprint density at radius 3 is 2.65 bits per heavy atom. The standard InChI is InChI=1S/C20H18ClNO4/c1-12-3-6-15(17(21)9-12)20(24)22-13-4-7-16(19(10-13)25-2)18-8-5-14(11-23)26-18/h3-10,23H,11H2,1-2H3,(H,22,24). The third kappa shape index (κ3) is 3.74. The maximum Gasteiger partial charge on any atom is 0.257 e. The predicted octanol–water partition coefficient (Wildman–Crippen LogP) is 4.66. The number of benzene rings is 2. The molecule has 5 nitrogen and oxygen atoms in total. The molecule has 134 valence electrons. The average molecular weight is 372 g/mol. The first-order valence-electron chi connectivity index (χ1n) is 7.97. The lowest BCUT2D eigenvalue weighted by Crippen LogP contribution is -2.12. The molecule has 0 saturated heterocycles. The predicted molar refractivity (Wildman–Crippen MR) is 101 cm³/mol. The van der Waals surface area contributed by atoms with Gasteiger partial charge in [-0.1, -0.05) is 17.7 Å². The van der Waals surface area contributed by atoms with Gasteiger partial charge in [0.25, 0.3) is 5.91 Å². The fraction of sp³-hybridized carbons (Fsp3) is 0.150. The highest BCUT2D eigenvalue weighted by atomic mass is 35.5. The molecule has 26 heavy (non-hydrogen) atoms. The van der Waals surface area contributed by atoms with Crippen LogP contribution in [0.4, 0.5) is 5.69 Å². The van der Waals surface area contributed by atoms with E-state index in [0.717, 1.165) is 11.1 Å². The summed E-state index contributed by atoms with van der Waals surface area (Å²) >= 11 is 6.15. The Morgan fingerprint density at radius 1 is 1.19 bits per heavy atom. The summed E-state index contributed by atoms with van der Waals surface area (Å²) in [5, 5.41) is 12.3. The Morgan fingerprint density at radius 2 is 2.00 bits per heavy atom. The molecule has 0 unspecified atom stereocenters. The molecule has 3 aromatic rings. The summed E-state index contributed by atoms with van der Waals surface area (Å²) in [7, 11) is 1.54. The van der Waals surface area contributed by atoms with Crippen molar-refractivity contribution in [1.82, 2.24) is 0 Å². The number of halogens is 1. The molecule has 2 aromatic carbocycles. The minimum atomic E-state index is -0.301. The number of hydrogen-bond acceptors (Lipinski definition) is 4. The third-order valence-electron chi connectivity index (χ3n) is 3.91. The Bertz CT molecular complexity index is 949. The van der Waals surface area contributed by atoms with Gasteiger partial charge in [-0.3, -0.25) is 4.79 Å². The number of hydrogen-bond donors (Lipinski definition) is 2. The highest BCUT2D eigenvalue weighted by Crippen LogP contribution is 2.34. The highest BCUT2D eigenvalue weighted by Gasteiger charge is 2.14. The molecule has 0 aliphatic heterocycles. The molecule has 2 N–H and O–H groups in total. The fourth-order valence-electron chi connectivity index (χ4n) is 2.58. The number of amides is 1. The molecule has 3 rings (SSSR count). The molecule has 1 aromatic heterocycles. The van der Waals surface area contributed by atoms with Gasteiger partial charge in [-0.2, -0.15) is 0 Å². The second kappa shape index (κ2) is 7.64. The molecular formula is C20H18ClNO4. The quantitative estimate of drug-likeness (QED) is 0.684. The van der Waals surface area contributed by atoms with E-state index in [1.165, 1.54) is 7.11 Å². The lowest BCUT2D eigenvalue weighted by molar-refractivity contribution is 0.102. The van der Waals surface area contributed by atoms with E-state index in [-0.39, 0.29) is 12.5 Å². The van der Waals surface area contributed by atoms with Crippen LogP contribution in [0.3, 0.4) is 0 Å². The normalized spacial score (nSPS) is 10.6. The van der Waals surface area contributed by atoms with Gasteiger partial charge in [0.1, 0.15) is 23.9 Å². The van der Waals surface area contributed by atoms with Gasteiger partial charge < -0.3 is 19.6 Å². The number of furan rings is 1. The largest absolute Gasteiger partial charge is 0.496 e. The Balaban J connectivity index is 1.86. The number of nitrogens with one attached hydrogen (secondary N) is 1. The number of anilines is 1. The maximum atomic E-state index is 12.5. The number of rotatable bonds is 5. The fourth-order valence-corrected chi connectivity index (χ4v) is 2.90. The van der Waals surface area contributed by atoms with Gasteiger partial charge in [-0.15, -0.1) is 0 Å². The number of aliphatic hydroxyl groups is 1. The SMILES string of the molecule is COc1cc(NC(=O)c2ccc(C)cc2Cl)ccc1-c1ccc(CO)o1. The molecule has 0 radical (unpaired) electrons. The van der Waals surface area contributed by atoms with Crippen molar-refractivity contribution in [3.8, 4) is 17.1 Å². The molecule has 0 atom stereocenters. The van der Waals surface area contributed by atoms with Crippen molar-refractivity contribution in [2.75, 3.05) is 12.4 Å². The number of carbonyl (C=O) groups excluding carboxylic acids is 1. The van der Waals surface area contributed by atoms with Crippen LogP contribution in [-0.4, -0.2) is 18.1 Å². The number of methoxy groups -OCH3 is 1. The van der Waals surface area contributed by atoms with E-state index in [0.29, 0.717) is 33.5 Å². The van der Waals surface area contributed by atoms with Gasteiger partial charge in [0.15, 0.2) is 0 Å². The van der Waals surface area contributed by atoms with Crippen LogP contribution in [0, 0.1) is 6.92 Å². The van der Waals surface area contributed by atoms with E-state index in [9.17, 15) is 4.79 Å². The van der Waals surface area contributed by atoms with Crippen molar-refractivity contribution in [2.45, 2.75) is 13.5 Å². The summed E-state index contributed by atoms with van der Waals surface area (Å²) in [4.78, 5) is 12.5. The van der Waals surface area contributed by atoms with Gasteiger partial charge in [0.05, 0.1) is 23.3 Å². The van der Waals surface area contributed by atoms with Crippen LogP contribution < -0.4 is 10.1 Å². The maximum absolute atomic E-state index is 12.5. The van der Waals surface area contributed by atoms with E-state index < -0.39 is 0 Å². The Hall–Kier alpha value is -2.76. The lowest BCUT2D eigenvalue weighted by atomic mass is 10.1. The second-order valence-corrected chi connectivity index (χ2v) is 6.18. The van der Waals surface area contributed by atoms with Crippen LogP contribution in [0.15, 0.2) is 52.9 Å². The van der Waals surface area contributed by atoms with Crippen molar-refractivity contribution >= 4 is 23.2 Å². The zero-order chi connectivity index (χ0) is 18.7.